The van der Waals surface area contributed by atoms with Crippen molar-refractivity contribution in [2.45, 2.75) is 115 Å². The van der Waals surface area contributed by atoms with Crippen molar-refractivity contribution < 1.29 is 73.7 Å². The number of likely N-dealkylation sites (tertiary alicyclic amines) is 2. The maximum Gasteiger partial charge on any atom is 0.495 e. The summed E-state index contributed by atoms with van der Waals surface area (Å²) < 4.78 is 128. The second-order valence-electron chi connectivity index (χ2n) is 24.6. The number of alkyl halides is 8. The lowest BCUT2D eigenvalue weighted by molar-refractivity contribution is -0.144. The van der Waals surface area contributed by atoms with Crippen molar-refractivity contribution in [2.75, 3.05) is 135 Å². The molecule has 4 amide bonds. The van der Waals surface area contributed by atoms with E-state index in [-0.39, 0.29) is 39.3 Å². The number of aliphatic hydroxyl groups is 2. The molecule has 11 rings (SSSR count). The molecule has 4 N–H and O–H groups in total. The van der Waals surface area contributed by atoms with Crippen molar-refractivity contribution in [2.24, 2.45) is 11.8 Å². The van der Waals surface area contributed by atoms with Gasteiger partial charge in [-0.3, -0.25) is 0 Å². The summed E-state index contributed by atoms with van der Waals surface area (Å²) in [5.74, 6) is 1.76. The van der Waals surface area contributed by atoms with Crippen LogP contribution < -0.4 is 35.7 Å². The van der Waals surface area contributed by atoms with Crippen LogP contribution in [0.4, 0.5) is 79.4 Å². The minimum Gasteiger partial charge on any atom is -0.399 e. The van der Waals surface area contributed by atoms with E-state index in [0.717, 1.165) is 56.0 Å². The summed E-state index contributed by atoms with van der Waals surface area (Å²) in [5, 5.41) is 25.2. The van der Waals surface area contributed by atoms with Gasteiger partial charge in [0.05, 0.1) is 50.7 Å². The quantitative estimate of drug-likeness (QED) is 0.0670. The number of β-amino-alcohol motifs (C(OH)–C–C–N with tert-alkyl or cyclic N) is 2. The average Bonchev–Trinajstić information content (AvgIpc) is 2.34. The van der Waals surface area contributed by atoms with E-state index < -0.39 is 92.0 Å². The van der Waals surface area contributed by atoms with Crippen molar-refractivity contribution >= 4 is 81.9 Å². The molecular weight excluding hydrogens is 1280 g/mol. The van der Waals surface area contributed by atoms with Crippen LogP contribution in [0.5, 0.6) is 0 Å². The molecule has 2 aromatic heterocycles. The number of urea groups is 2. The van der Waals surface area contributed by atoms with E-state index in [1.54, 1.807) is 28.0 Å². The Hall–Kier alpha value is -5.53. The number of aromatic nitrogens is 2. The van der Waals surface area contributed by atoms with E-state index >= 15 is 0 Å². The van der Waals surface area contributed by atoms with Crippen LogP contribution >= 0.6 is 22.6 Å². The fourth-order valence-electron chi connectivity index (χ4n) is 11.6. The molecular formula is C60H78BF8IN10O8. The van der Waals surface area contributed by atoms with Gasteiger partial charge in [-0.15, -0.1) is 0 Å². The molecule has 0 aliphatic carbocycles. The molecule has 0 bridgehead atoms. The molecule has 18 nitrogen and oxygen atoms in total. The molecule has 7 aliphatic heterocycles. The van der Waals surface area contributed by atoms with Crippen molar-refractivity contribution in [1.82, 2.24) is 19.8 Å². The zero-order chi connectivity index (χ0) is 63.5. The van der Waals surface area contributed by atoms with Crippen molar-refractivity contribution in [1.29, 1.82) is 0 Å². The number of halogens is 9. The van der Waals surface area contributed by atoms with Gasteiger partial charge < -0.3 is 69.0 Å². The predicted octanol–water partition coefficient (Wildman–Crippen LogP) is 9.36. The third-order valence-corrected chi connectivity index (χ3v) is 18.0. The number of nitrogens with one attached hydrogen (secondary N) is 2. The number of carbonyl (C=O) groups excluding carboxylic acids is 2. The highest BCUT2D eigenvalue weighted by atomic mass is 127. The van der Waals surface area contributed by atoms with Crippen LogP contribution in [0.2, 0.25) is 0 Å². The van der Waals surface area contributed by atoms with Crippen LogP contribution in [0.25, 0.3) is 11.1 Å². The van der Waals surface area contributed by atoms with Crippen LogP contribution in [0.15, 0.2) is 60.7 Å². The van der Waals surface area contributed by atoms with Crippen molar-refractivity contribution in [3.63, 3.8) is 0 Å². The molecule has 0 saturated carbocycles. The topological polar surface area (TPSA) is 181 Å². The van der Waals surface area contributed by atoms with Gasteiger partial charge in [0.25, 0.3) is 0 Å². The van der Waals surface area contributed by atoms with E-state index in [2.05, 4.69) is 48.0 Å². The second kappa shape index (κ2) is 27.9. The molecule has 2 aromatic carbocycles. The summed E-state index contributed by atoms with van der Waals surface area (Å²) in [4.78, 5) is 45.4. The minimum atomic E-state index is -4.25. The molecule has 482 valence electrons. The van der Waals surface area contributed by atoms with Gasteiger partial charge in [-0.25, -0.2) is 28.3 Å². The standard InChI is InChI=1S/C27H33F4N5O3.C20H28BF3N2O3.C13H17FIN3O2/c1-17-2-3-20(32-26(38)35-5-4-18(14-35)13-27(29,30)31)12-21(17)19-10-24(34-6-8-39-9-7-34)33-25(11-19)36-15-22(28)23(37)16-36;1-13-6-7-15(10-16(13)21-28-18(2,3)19(4,5)29-21)25-17(27)26-9-8-14(12-26)11-20(22,23)24;14-10-7-18(8-11(10)19)13-6-9(15)5-12(16-13)17-1-3-20-4-2-17/h2-3,10-12,18,22-23,37H,4-9,13-16H2,1H3,(H,32,38);6-7,10,14H,8-9,11-12H2,1-5H3,(H,25,27);5-6,10-11,19H,1-4,7-8H2/t18-,22-,23-;14-;10-,11-/m000/s1. The molecule has 7 fully saturated rings. The normalized spacial score (nSPS) is 24.5. The number of rotatable bonds is 10. The number of nitrogens with zero attached hydrogens (tertiary/aromatic N) is 8. The van der Waals surface area contributed by atoms with Gasteiger partial charge in [-0.1, -0.05) is 17.7 Å². The van der Waals surface area contributed by atoms with E-state index in [1.165, 1.54) is 9.80 Å². The summed E-state index contributed by atoms with van der Waals surface area (Å²) in [6.07, 6.45) is -14.1. The predicted molar refractivity (Wildman–Crippen MR) is 329 cm³/mol. The second-order valence-corrected chi connectivity index (χ2v) is 25.9. The van der Waals surface area contributed by atoms with Gasteiger partial charge in [-0.05, 0) is 159 Å². The zero-order valence-corrected chi connectivity index (χ0v) is 52.4. The Bertz CT molecular complexity index is 3040. The van der Waals surface area contributed by atoms with Crippen LogP contribution in [0.3, 0.4) is 0 Å². The fourth-order valence-corrected chi connectivity index (χ4v) is 12.2. The van der Waals surface area contributed by atoms with Crippen LogP contribution in [-0.2, 0) is 18.8 Å². The maximum absolute atomic E-state index is 14.2. The molecule has 88 heavy (non-hydrogen) atoms. The summed E-state index contributed by atoms with van der Waals surface area (Å²) in [6.45, 7) is 18.7. The molecule has 0 radical (unpaired) electrons. The summed E-state index contributed by atoms with van der Waals surface area (Å²) in [6, 6.07) is 17.8. The Morgan fingerprint density at radius 1 is 0.591 bits per heavy atom. The molecule has 7 saturated heterocycles. The number of anilines is 6. The first kappa shape index (κ1) is 66.9. The molecule has 6 atom stereocenters. The number of hydrogen-bond acceptors (Lipinski definition) is 14. The lowest BCUT2D eigenvalue weighted by Crippen LogP contribution is -2.41. The number of carbonyl (C=O) groups is 2. The van der Waals surface area contributed by atoms with E-state index in [0.29, 0.717) is 88.5 Å². The third kappa shape index (κ3) is 17.3. The number of aliphatic hydroxyl groups excluding tert-OH is 2. The smallest absolute Gasteiger partial charge is 0.399 e. The monoisotopic (exact) mass is 1360 g/mol. The number of morpholine rings is 2. The van der Waals surface area contributed by atoms with Crippen LogP contribution in [0.1, 0.15) is 64.5 Å². The van der Waals surface area contributed by atoms with Crippen LogP contribution in [-0.4, -0.2) is 202 Å². The first-order chi connectivity index (χ1) is 41.5. The summed E-state index contributed by atoms with van der Waals surface area (Å²) in [5.41, 5.74) is 4.49. The first-order valence-electron chi connectivity index (χ1n) is 29.8. The highest BCUT2D eigenvalue weighted by Crippen LogP contribution is 2.39. The maximum atomic E-state index is 14.2. The Morgan fingerprint density at radius 3 is 1.43 bits per heavy atom. The number of amides is 4. The highest BCUT2D eigenvalue weighted by molar-refractivity contribution is 14.1. The Balaban J connectivity index is 0.000000166. The molecule has 7 aliphatic rings. The number of benzene rings is 2. The highest BCUT2D eigenvalue weighted by Gasteiger charge is 2.52. The largest absolute Gasteiger partial charge is 0.495 e. The molecule has 4 aromatic rings. The Kier molecular flexibility index (Phi) is 21.2. The lowest BCUT2D eigenvalue weighted by atomic mass is 9.76. The van der Waals surface area contributed by atoms with Gasteiger partial charge in [0.15, 0.2) is 0 Å². The molecule has 0 unspecified atom stereocenters. The molecule has 0 spiro atoms. The van der Waals surface area contributed by atoms with Gasteiger partial charge in [-0.2, -0.15) is 26.3 Å². The number of aryl methyl sites for hydroxylation is 2. The number of ether oxygens (including phenoxy) is 2. The fraction of sp³-hybridized carbons (Fsp3) is 0.600. The number of hydrogen-bond donors (Lipinski definition) is 4. The van der Waals surface area contributed by atoms with E-state index in [1.807, 2.05) is 84.0 Å². The van der Waals surface area contributed by atoms with Crippen molar-refractivity contribution in [3.8, 4) is 11.1 Å². The first-order valence-corrected chi connectivity index (χ1v) is 30.9. The van der Waals surface area contributed by atoms with E-state index in [9.17, 15) is 54.9 Å². The van der Waals surface area contributed by atoms with E-state index in [4.69, 9.17) is 23.8 Å². The average molecular weight is 1360 g/mol. The Labute approximate surface area is 521 Å². The van der Waals surface area contributed by atoms with Gasteiger partial charge >= 0.3 is 31.5 Å². The minimum absolute atomic E-state index is 0.0421. The molecule has 28 heteroatoms. The summed E-state index contributed by atoms with van der Waals surface area (Å²) >= 11 is 2.24. The Morgan fingerprint density at radius 2 is 1.00 bits per heavy atom. The third-order valence-electron chi connectivity index (χ3n) is 17.3. The van der Waals surface area contributed by atoms with Gasteiger partial charge in [0.1, 0.15) is 47.8 Å². The molecule has 9 heterocycles. The van der Waals surface area contributed by atoms with Crippen molar-refractivity contribution in [3.05, 3.63) is 75.4 Å². The zero-order valence-electron chi connectivity index (χ0n) is 50.3. The van der Waals surface area contributed by atoms with Gasteiger partial charge in [0.2, 0.25) is 0 Å². The SMILES string of the molecule is Cc1ccc(NC(=O)N2CC[C@@H](CC(F)(F)F)C2)cc1-c1cc(N2CCOCC2)nc(N2C[C@H](O)[C@@H](F)C2)c1.Cc1ccc(NC(=O)N2CC[C@@H](CC(F)(F)F)C2)cc1B1OC(C)(C)C(C)(C)O1.O[C@H]1CN(c2cc(I)cc(N3CCOCC3)n2)C[C@@H]1F. The lowest BCUT2D eigenvalue weighted by Gasteiger charge is -2.32. The number of pyridine rings is 2. The van der Waals surface area contributed by atoms with Crippen LogP contribution in [0, 0.1) is 29.3 Å². The summed E-state index contributed by atoms with van der Waals surface area (Å²) in [7, 11) is -0.556. The van der Waals surface area contributed by atoms with Gasteiger partial charge in [0, 0.05) is 93.2 Å².